The third-order valence-electron chi connectivity index (χ3n) is 4.39. The van der Waals surface area contributed by atoms with Crippen molar-refractivity contribution in [2.45, 2.75) is 18.9 Å². The van der Waals surface area contributed by atoms with Crippen LogP contribution in [0.1, 0.15) is 12.8 Å². The van der Waals surface area contributed by atoms with E-state index in [9.17, 15) is 4.79 Å². The number of nitrogens with one attached hydrogen (secondary N) is 1. The van der Waals surface area contributed by atoms with Crippen LogP contribution in [0.4, 0.5) is 5.69 Å². The van der Waals surface area contributed by atoms with Crippen LogP contribution in [0.3, 0.4) is 0 Å². The largest absolute Gasteiger partial charge is 0.486 e. The molecular weight excluding hydrogens is 284 g/mol. The zero-order chi connectivity index (χ0) is 15.5. The van der Waals surface area contributed by atoms with E-state index in [0.717, 1.165) is 36.7 Å². The zero-order valence-electron chi connectivity index (χ0n) is 12.7. The molecule has 0 radical (unpaired) electrons. The minimum absolute atomic E-state index is 0.391. The van der Waals surface area contributed by atoms with E-state index in [1.54, 1.807) is 7.05 Å². The summed E-state index contributed by atoms with van der Waals surface area (Å²) in [6.07, 6.45) is 1.67. The van der Waals surface area contributed by atoms with Crippen LogP contribution in [0, 0.1) is 5.92 Å². The lowest BCUT2D eigenvalue weighted by atomic mass is 9.99. The van der Waals surface area contributed by atoms with Crippen LogP contribution in [-0.2, 0) is 4.79 Å². The number of carbonyl (C=O) groups is 1. The number of hydrogen-bond acceptors (Lipinski definition) is 5. The molecule has 0 amide bonds. The number of carboxylic acid groups (broad SMARTS) is 1. The monoisotopic (exact) mass is 306 g/mol. The average Bonchev–Trinajstić information content (AvgIpc) is 3.00. The molecule has 2 atom stereocenters. The van der Waals surface area contributed by atoms with Crippen LogP contribution < -0.4 is 19.7 Å². The van der Waals surface area contributed by atoms with Crippen molar-refractivity contribution in [1.82, 2.24) is 5.32 Å². The molecule has 1 fully saturated rings. The molecule has 2 heterocycles. The number of rotatable bonds is 5. The third kappa shape index (κ3) is 3.11. The number of likely N-dealkylation sites (N-methyl/N-ethyl adjacent to an activating group) is 1. The maximum atomic E-state index is 11.1. The van der Waals surface area contributed by atoms with E-state index in [4.69, 9.17) is 14.6 Å². The lowest BCUT2D eigenvalue weighted by Crippen LogP contribution is -2.36. The van der Waals surface area contributed by atoms with E-state index in [2.05, 4.69) is 10.2 Å². The highest BCUT2D eigenvalue weighted by atomic mass is 16.6. The van der Waals surface area contributed by atoms with Gasteiger partial charge in [-0.3, -0.25) is 4.79 Å². The zero-order valence-corrected chi connectivity index (χ0v) is 12.7. The Hall–Kier alpha value is -1.95. The summed E-state index contributed by atoms with van der Waals surface area (Å²) in [5.74, 6) is 1.21. The van der Waals surface area contributed by atoms with Crippen molar-refractivity contribution < 1.29 is 19.4 Å². The van der Waals surface area contributed by atoms with Crippen molar-refractivity contribution in [2.24, 2.45) is 5.92 Å². The first kappa shape index (κ1) is 15.0. The number of aliphatic carboxylic acids is 1. The molecule has 120 valence electrons. The lowest BCUT2D eigenvalue weighted by molar-refractivity contribution is -0.139. The Morgan fingerprint density at radius 1 is 1.41 bits per heavy atom. The maximum absolute atomic E-state index is 11.1. The number of ether oxygens (including phenoxy) is 2. The van der Waals surface area contributed by atoms with Gasteiger partial charge in [-0.05, 0) is 37.9 Å². The second-order valence-electron chi connectivity index (χ2n) is 5.84. The van der Waals surface area contributed by atoms with Gasteiger partial charge in [0.15, 0.2) is 11.5 Å². The van der Waals surface area contributed by atoms with Crippen LogP contribution in [-0.4, -0.2) is 50.5 Å². The number of benzene rings is 1. The molecule has 22 heavy (non-hydrogen) atoms. The van der Waals surface area contributed by atoms with Crippen LogP contribution in [0.5, 0.6) is 11.5 Å². The first-order valence-corrected chi connectivity index (χ1v) is 7.72. The van der Waals surface area contributed by atoms with Crippen molar-refractivity contribution in [3.63, 3.8) is 0 Å². The smallest absolute Gasteiger partial charge is 0.320 e. The van der Waals surface area contributed by atoms with Crippen molar-refractivity contribution >= 4 is 11.7 Å². The van der Waals surface area contributed by atoms with Gasteiger partial charge in [0, 0.05) is 24.8 Å². The third-order valence-corrected chi connectivity index (χ3v) is 4.39. The van der Waals surface area contributed by atoms with Crippen molar-refractivity contribution in [3.8, 4) is 11.5 Å². The lowest BCUT2D eigenvalue weighted by Gasteiger charge is -2.23. The van der Waals surface area contributed by atoms with Gasteiger partial charge in [-0.2, -0.15) is 0 Å². The van der Waals surface area contributed by atoms with Crippen LogP contribution in [0.15, 0.2) is 18.2 Å². The average molecular weight is 306 g/mol. The number of fused-ring (bicyclic) bond motifs is 1. The van der Waals surface area contributed by atoms with E-state index in [1.165, 1.54) is 0 Å². The van der Waals surface area contributed by atoms with Crippen LogP contribution >= 0.6 is 0 Å². The summed E-state index contributed by atoms with van der Waals surface area (Å²) in [6, 6.07) is 5.54. The van der Waals surface area contributed by atoms with Crippen LogP contribution in [0.2, 0.25) is 0 Å². The first-order chi connectivity index (χ1) is 10.7. The molecule has 2 aliphatic heterocycles. The molecule has 0 saturated carbocycles. The fourth-order valence-corrected chi connectivity index (χ4v) is 3.16. The molecule has 0 aromatic heterocycles. The molecule has 0 spiro atoms. The van der Waals surface area contributed by atoms with Crippen molar-refractivity contribution in [1.29, 1.82) is 0 Å². The molecule has 6 nitrogen and oxygen atoms in total. The molecule has 1 aromatic carbocycles. The summed E-state index contributed by atoms with van der Waals surface area (Å²) in [5, 5.41) is 12.0. The van der Waals surface area contributed by atoms with E-state index < -0.39 is 12.0 Å². The molecule has 0 aliphatic carbocycles. The Bertz CT molecular complexity index is 549. The number of anilines is 1. The van der Waals surface area contributed by atoms with E-state index in [1.807, 2.05) is 18.2 Å². The maximum Gasteiger partial charge on any atom is 0.320 e. The van der Waals surface area contributed by atoms with Gasteiger partial charge < -0.3 is 24.8 Å². The highest BCUT2D eigenvalue weighted by Crippen LogP contribution is 2.36. The predicted octanol–water partition coefficient (Wildman–Crippen LogP) is 1.35. The molecule has 1 aromatic rings. The van der Waals surface area contributed by atoms with Gasteiger partial charge in [-0.15, -0.1) is 0 Å². The Morgan fingerprint density at radius 2 is 2.18 bits per heavy atom. The molecule has 6 heteroatoms. The van der Waals surface area contributed by atoms with E-state index in [-0.39, 0.29) is 0 Å². The minimum atomic E-state index is -0.778. The summed E-state index contributed by atoms with van der Waals surface area (Å²) in [5.41, 5.74) is 1.11. The van der Waals surface area contributed by atoms with E-state index in [0.29, 0.717) is 25.6 Å². The normalized spacial score (nSPS) is 21.7. The van der Waals surface area contributed by atoms with Gasteiger partial charge >= 0.3 is 5.97 Å². The SMILES string of the molecule is CNC(CC1CCN(c2ccc3c(c2)OCCO3)C1)C(=O)O. The number of nitrogens with zero attached hydrogens (tertiary/aromatic N) is 1. The Morgan fingerprint density at radius 3 is 2.91 bits per heavy atom. The van der Waals surface area contributed by atoms with Crippen LogP contribution in [0.25, 0.3) is 0 Å². The quantitative estimate of drug-likeness (QED) is 0.855. The summed E-state index contributed by atoms with van der Waals surface area (Å²) < 4.78 is 11.2. The second kappa shape index (κ2) is 6.44. The highest BCUT2D eigenvalue weighted by molar-refractivity contribution is 5.73. The van der Waals surface area contributed by atoms with Crippen molar-refractivity contribution in [3.05, 3.63) is 18.2 Å². The van der Waals surface area contributed by atoms with Gasteiger partial charge in [-0.1, -0.05) is 0 Å². The fraction of sp³-hybridized carbons (Fsp3) is 0.562. The summed E-state index contributed by atoms with van der Waals surface area (Å²) in [6.45, 7) is 3.01. The van der Waals surface area contributed by atoms with Crippen molar-refractivity contribution in [2.75, 3.05) is 38.3 Å². The predicted molar refractivity (Wildman–Crippen MR) is 82.9 cm³/mol. The molecule has 0 bridgehead atoms. The van der Waals surface area contributed by atoms with Gasteiger partial charge in [0.25, 0.3) is 0 Å². The van der Waals surface area contributed by atoms with Gasteiger partial charge in [0.2, 0.25) is 0 Å². The number of carboxylic acids is 1. The molecule has 2 aliphatic rings. The molecule has 2 unspecified atom stereocenters. The summed E-state index contributed by atoms with van der Waals surface area (Å²) in [4.78, 5) is 13.4. The molecule has 2 N–H and O–H groups in total. The topological polar surface area (TPSA) is 71.0 Å². The number of hydrogen-bond donors (Lipinski definition) is 2. The highest BCUT2D eigenvalue weighted by Gasteiger charge is 2.28. The van der Waals surface area contributed by atoms with E-state index >= 15 is 0 Å². The molecule has 1 saturated heterocycles. The van der Waals surface area contributed by atoms with Gasteiger partial charge in [0.05, 0.1) is 0 Å². The Balaban J connectivity index is 1.64. The first-order valence-electron chi connectivity index (χ1n) is 7.72. The molecular formula is C16H22N2O4. The Kier molecular flexibility index (Phi) is 4.38. The summed E-state index contributed by atoms with van der Waals surface area (Å²) in [7, 11) is 1.70. The fourth-order valence-electron chi connectivity index (χ4n) is 3.16. The second-order valence-corrected chi connectivity index (χ2v) is 5.84. The standard InChI is InChI=1S/C16H22N2O4/c1-17-13(16(19)20)8-11-4-5-18(10-11)12-2-3-14-15(9-12)22-7-6-21-14/h2-3,9,11,13,17H,4-8,10H2,1H3,(H,19,20). The van der Waals surface area contributed by atoms with Gasteiger partial charge in [-0.25, -0.2) is 0 Å². The summed E-state index contributed by atoms with van der Waals surface area (Å²) >= 11 is 0. The minimum Gasteiger partial charge on any atom is -0.486 e. The van der Waals surface area contributed by atoms with Gasteiger partial charge in [0.1, 0.15) is 19.3 Å². The Labute approximate surface area is 130 Å². The molecule has 3 rings (SSSR count).